The van der Waals surface area contributed by atoms with Crippen LogP contribution in [0.2, 0.25) is 0 Å². The van der Waals surface area contributed by atoms with Gasteiger partial charge in [-0.25, -0.2) is 8.78 Å². The highest BCUT2D eigenvalue weighted by Gasteiger charge is 2.23. The zero-order chi connectivity index (χ0) is 27.8. The van der Waals surface area contributed by atoms with Crippen LogP contribution in [0.25, 0.3) is 0 Å². The number of carbonyl (C=O) groups excluding carboxylic acids is 1. The summed E-state index contributed by atoms with van der Waals surface area (Å²) in [5, 5.41) is 10.9. The summed E-state index contributed by atoms with van der Waals surface area (Å²) in [6.07, 6.45) is 0.0353. The van der Waals surface area contributed by atoms with Crippen LogP contribution in [-0.4, -0.2) is 60.9 Å². The van der Waals surface area contributed by atoms with E-state index < -0.39 is 23.8 Å². The van der Waals surface area contributed by atoms with Gasteiger partial charge in [0.25, 0.3) is 0 Å². The van der Waals surface area contributed by atoms with Crippen molar-refractivity contribution >= 4 is 11.6 Å². The summed E-state index contributed by atoms with van der Waals surface area (Å²) in [4.78, 5) is 17.4. The lowest BCUT2D eigenvalue weighted by atomic mass is 10.0. The van der Waals surface area contributed by atoms with Gasteiger partial charge < -0.3 is 25.4 Å². The molecule has 3 aromatic rings. The molecule has 0 radical (unpaired) electrons. The second kappa shape index (κ2) is 13.6. The number of aliphatic hydroxyl groups excluding tert-OH is 1. The molecule has 0 saturated carbocycles. The third-order valence-corrected chi connectivity index (χ3v) is 7.09. The Morgan fingerprint density at radius 2 is 1.64 bits per heavy atom. The molecule has 0 bridgehead atoms. The molecule has 8 heteroatoms. The van der Waals surface area contributed by atoms with Gasteiger partial charge in [-0.1, -0.05) is 43.3 Å². The van der Waals surface area contributed by atoms with Gasteiger partial charge in [-0.3, -0.25) is 4.79 Å². The highest BCUT2D eigenvalue weighted by Crippen LogP contribution is 2.19. The molecule has 3 N–H and O–H groups in total. The fraction of sp³-hybridized carbons (Fsp3) is 0.387. The first-order valence-corrected chi connectivity index (χ1v) is 13.5. The molecule has 1 amide bonds. The predicted molar refractivity (Wildman–Crippen MR) is 148 cm³/mol. The molecular weight excluding hydrogens is 500 g/mol. The minimum absolute atomic E-state index is 0.0000117. The largest absolute Gasteiger partial charge is 0.390 e. The normalized spacial score (nSPS) is 15.2. The Kier molecular flexibility index (Phi) is 10.0. The Morgan fingerprint density at radius 1 is 0.974 bits per heavy atom. The summed E-state index contributed by atoms with van der Waals surface area (Å²) < 4.78 is 32.7. The lowest BCUT2D eigenvalue weighted by Gasteiger charge is -2.29. The number of ether oxygens (including phenoxy) is 1. The van der Waals surface area contributed by atoms with Gasteiger partial charge in [0.1, 0.15) is 11.6 Å². The van der Waals surface area contributed by atoms with Crippen LogP contribution >= 0.6 is 0 Å². The van der Waals surface area contributed by atoms with Crippen LogP contribution in [0.4, 0.5) is 14.5 Å². The first-order chi connectivity index (χ1) is 18.8. The van der Waals surface area contributed by atoms with Crippen molar-refractivity contribution in [1.29, 1.82) is 0 Å². The number of carbonyl (C=O) groups is 1. The summed E-state index contributed by atoms with van der Waals surface area (Å²) in [5.74, 6) is -1.53. The average molecular weight is 538 g/mol. The zero-order valence-electron chi connectivity index (χ0n) is 22.4. The molecule has 1 aliphatic heterocycles. The van der Waals surface area contributed by atoms with Crippen LogP contribution in [0.15, 0.2) is 66.7 Å². The molecule has 1 heterocycles. The molecule has 1 saturated heterocycles. The van der Waals surface area contributed by atoms with Gasteiger partial charge >= 0.3 is 0 Å². The molecule has 3 aromatic carbocycles. The van der Waals surface area contributed by atoms with Crippen LogP contribution in [-0.2, 0) is 35.3 Å². The average Bonchev–Trinajstić information content (AvgIpc) is 2.93. The zero-order valence-corrected chi connectivity index (χ0v) is 22.4. The summed E-state index contributed by atoms with van der Waals surface area (Å²) >= 11 is 0. The smallest absolute Gasteiger partial charge is 0.227 e. The Bertz CT molecular complexity index is 1210. The van der Waals surface area contributed by atoms with E-state index in [0.717, 1.165) is 48.0 Å². The maximum Gasteiger partial charge on any atom is 0.227 e. The van der Waals surface area contributed by atoms with Gasteiger partial charge in [0.05, 0.1) is 25.7 Å². The maximum atomic E-state index is 13.6. The number of nitrogens with two attached hydrogens (primary N) is 1. The Morgan fingerprint density at radius 3 is 2.31 bits per heavy atom. The quantitative estimate of drug-likeness (QED) is 0.388. The molecule has 4 rings (SSSR count). The molecule has 1 aliphatic rings. The van der Waals surface area contributed by atoms with Crippen molar-refractivity contribution in [3.05, 3.63) is 101 Å². The molecule has 6 nitrogen and oxygen atoms in total. The molecule has 0 aromatic heterocycles. The van der Waals surface area contributed by atoms with Crippen LogP contribution < -0.4 is 10.6 Å². The lowest BCUT2D eigenvalue weighted by Crippen LogP contribution is -2.46. The van der Waals surface area contributed by atoms with Crippen molar-refractivity contribution in [2.75, 3.05) is 37.7 Å². The maximum absolute atomic E-state index is 13.6. The fourth-order valence-electron chi connectivity index (χ4n) is 4.85. The van der Waals surface area contributed by atoms with E-state index in [9.17, 15) is 18.7 Å². The number of benzene rings is 3. The molecule has 1 fully saturated rings. The van der Waals surface area contributed by atoms with Crippen molar-refractivity contribution in [1.82, 2.24) is 4.90 Å². The van der Waals surface area contributed by atoms with E-state index in [1.54, 1.807) is 4.90 Å². The number of halogens is 2. The number of hydrogen-bond acceptors (Lipinski definition) is 5. The summed E-state index contributed by atoms with van der Waals surface area (Å²) in [6, 6.07) is 18.4. The summed E-state index contributed by atoms with van der Waals surface area (Å²) in [7, 11) is 0. The third-order valence-electron chi connectivity index (χ3n) is 7.09. The molecule has 0 aliphatic carbocycles. The highest BCUT2D eigenvalue weighted by atomic mass is 19.1. The van der Waals surface area contributed by atoms with Gasteiger partial charge in [-0.05, 0) is 59.4 Å². The minimum atomic E-state index is -1.08. The number of anilines is 1. The van der Waals surface area contributed by atoms with E-state index in [4.69, 9.17) is 10.5 Å². The van der Waals surface area contributed by atoms with E-state index in [1.807, 2.05) is 42.5 Å². The monoisotopic (exact) mass is 537 g/mol. The van der Waals surface area contributed by atoms with Crippen LogP contribution in [0.1, 0.15) is 29.2 Å². The molecule has 39 heavy (non-hydrogen) atoms. The Balaban J connectivity index is 1.46. The van der Waals surface area contributed by atoms with Crippen LogP contribution in [0.3, 0.4) is 0 Å². The molecule has 208 valence electrons. The standard InChI is InChI=1S/C31H37F2N3O3/c1-2-22-4-3-5-24(14-22)20-36(21-30(37)29(34)17-25-15-26(32)19-27(33)16-25)31(38)18-23-6-8-28(9-7-23)35-10-12-39-13-11-35/h3-9,14-16,19,29-30,37H,2,10-13,17-18,20-21,34H2,1H3/t29-,30+/m0/s1. The van der Waals surface area contributed by atoms with Crippen molar-refractivity contribution < 1.29 is 23.4 Å². The second-order valence-corrected chi connectivity index (χ2v) is 10.1. The van der Waals surface area contributed by atoms with E-state index in [0.29, 0.717) is 25.3 Å². The number of aryl methyl sites for hydroxylation is 1. The van der Waals surface area contributed by atoms with Crippen LogP contribution in [0, 0.1) is 11.6 Å². The van der Waals surface area contributed by atoms with E-state index in [2.05, 4.69) is 17.9 Å². The number of amides is 1. The van der Waals surface area contributed by atoms with Gasteiger partial charge in [0.2, 0.25) is 5.91 Å². The summed E-state index contributed by atoms with van der Waals surface area (Å²) in [5.41, 5.74) is 10.7. The molecule has 0 unspecified atom stereocenters. The first kappa shape index (κ1) is 28.7. The molecule has 0 spiro atoms. The minimum Gasteiger partial charge on any atom is -0.390 e. The third kappa shape index (κ3) is 8.33. The van der Waals surface area contributed by atoms with Gasteiger partial charge in [0.15, 0.2) is 0 Å². The van der Waals surface area contributed by atoms with Gasteiger partial charge in [-0.2, -0.15) is 0 Å². The lowest BCUT2D eigenvalue weighted by molar-refractivity contribution is -0.132. The van der Waals surface area contributed by atoms with E-state index in [1.165, 1.54) is 12.1 Å². The highest BCUT2D eigenvalue weighted by molar-refractivity contribution is 5.79. The van der Waals surface area contributed by atoms with Crippen molar-refractivity contribution in [3.63, 3.8) is 0 Å². The Hall–Kier alpha value is -3.33. The molecular formula is C31H37F2N3O3. The fourth-order valence-corrected chi connectivity index (χ4v) is 4.85. The summed E-state index contributed by atoms with van der Waals surface area (Å²) in [6.45, 7) is 5.46. The van der Waals surface area contributed by atoms with Gasteiger partial charge in [-0.15, -0.1) is 0 Å². The number of nitrogens with zero attached hydrogens (tertiary/aromatic N) is 2. The molecule has 2 atom stereocenters. The SMILES string of the molecule is CCc1cccc(CN(C[C@@H](O)[C@@H](N)Cc2cc(F)cc(F)c2)C(=O)Cc2ccc(N3CCOCC3)cc2)c1. The Labute approximate surface area is 229 Å². The topological polar surface area (TPSA) is 79.0 Å². The first-order valence-electron chi connectivity index (χ1n) is 13.5. The van der Waals surface area contributed by atoms with Crippen molar-refractivity contribution in [3.8, 4) is 0 Å². The van der Waals surface area contributed by atoms with Gasteiger partial charge in [0, 0.05) is 44.0 Å². The van der Waals surface area contributed by atoms with Crippen LogP contribution in [0.5, 0.6) is 0 Å². The number of aliphatic hydroxyl groups is 1. The second-order valence-electron chi connectivity index (χ2n) is 10.1. The number of morpholine rings is 1. The predicted octanol–water partition coefficient (Wildman–Crippen LogP) is 3.87. The van der Waals surface area contributed by atoms with Crippen molar-refractivity contribution in [2.24, 2.45) is 5.73 Å². The van der Waals surface area contributed by atoms with E-state index >= 15 is 0 Å². The van der Waals surface area contributed by atoms with E-state index in [-0.39, 0.29) is 25.3 Å². The number of rotatable bonds is 11. The number of hydrogen-bond donors (Lipinski definition) is 2. The van der Waals surface area contributed by atoms with Crippen molar-refractivity contribution in [2.45, 2.75) is 44.9 Å².